The van der Waals surface area contributed by atoms with Crippen molar-refractivity contribution in [2.24, 2.45) is 0 Å². The maximum Gasteiger partial charge on any atom is 0.172 e. The van der Waals surface area contributed by atoms with Gasteiger partial charge in [0, 0.05) is 15.9 Å². The highest BCUT2D eigenvalue weighted by atomic mass is 31.2. The second-order valence-electron chi connectivity index (χ2n) is 8.93. The summed E-state index contributed by atoms with van der Waals surface area (Å²) in [7, 11) is -3.18. The molecule has 0 saturated heterocycles. The molecule has 164 valence electrons. The van der Waals surface area contributed by atoms with E-state index in [4.69, 9.17) is 0 Å². The van der Waals surface area contributed by atoms with E-state index in [-0.39, 0.29) is 0 Å². The van der Waals surface area contributed by atoms with E-state index in [1.165, 1.54) is 5.56 Å². The van der Waals surface area contributed by atoms with Gasteiger partial charge >= 0.3 is 0 Å². The Hall–Kier alpha value is -3.15. The minimum absolute atomic E-state index is 0.904. The van der Waals surface area contributed by atoms with Crippen molar-refractivity contribution in [3.63, 3.8) is 0 Å². The van der Waals surface area contributed by atoms with Crippen molar-refractivity contribution in [3.8, 4) is 0 Å². The van der Waals surface area contributed by atoms with Crippen LogP contribution in [0, 0.1) is 13.8 Å². The molecular weight excluding hydrogens is 419 g/mol. The van der Waals surface area contributed by atoms with Gasteiger partial charge in [0.25, 0.3) is 0 Å². The van der Waals surface area contributed by atoms with Crippen molar-refractivity contribution in [1.29, 1.82) is 0 Å². The van der Waals surface area contributed by atoms with Gasteiger partial charge in [0.15, 0.2) is 7.14 Å². The van der Waals surface area contributed by atoms with Crippen LogP contribution in [0.4, 0.5) is 0 Å². The minimum atomic E-state index is -3.18. The number of hydrogen-bond donors (Lipinski definition) is 0. The van der Waals surface area contributed by atoms with Crippen LogP contribution in [0.2, 0.25) is 0 Å². The van der Waals surface area contributed by atoms with Crippen LogP contribution >= 0.6 is 7.14 Å². The molecule has 5 aromatic carbocycles. The average Bonchev–Trinajstić information content (AvgIpc) is 2.84. The van der Waals surface area contributed by atoms with E-state index in [0.29, 0.717) is 0 Å². The number of hydrogen-bond acceptors (Lipinski definition) is 1. The second kappa shape index (κ2) is 8.65. The van der Waals surface area contributed by atoms with Gasteiger partial charge in [0.1, 0.15) is 0 Å². The van der Waals surface area contributed by atoms with Gasteiger partial charge in [0.05, 0.1) is 0 Å². The predicted molar refractivity (Wildman–Crippen MR) is 144 cm³/mol. The van der Waals surface area contributed by atoms with Crippen LogP contribution in [-0.4, -0.2) is 0 Å². The highest BCUT2D eigenvalue weighted by molar-refractivity contribution is 7.86. The molecule has 0 aliphatic heterocycles. The zero-order valence-corrected chi connectivity index (χ0v) is 20.4. The Balaban J connectivity index is 1.93. The Morgan fingerprint density at radius 2 is 1.09 bits per heavy atom. The van der Waals surface area contributed by atoms with Crippen molar-refractivity contribution < 1.29 is 4.57 Å². The summed E-state index contributed by atoms with van der Waals surface area (Å²) < 4.78 is 15.8. The summed E-state index contributed by atoms with van der Waals surface area (Å²) in [5, 5.41) is 7.22. The zero-order chi connectivity index (χ0) is 23.0. The highest BCUT2D eigenvalue weighted by Crippen LogP contribution is 2.48. The lowest BCUT2D eigenvalue weighted by Gasteiger charge is -2.26. The number of rotatable bonds is 5. The van der Waals surface area contributed by atoms with Crippen LogP contribution in [0.3, 0.4) is 0 Å². The predicted octanol–water partition coefficient (Wildman–Crippen LogP) is 7.20. The van der Waals surface area contributed by atoms with Crippen LogP contribution in [0.25, 0.3) is 21.5 Å². The Morgan fingerprint density at radius 3 is 1.58 bits per heavy atom. The molecule has 0 atom stereocenters. The maximum atomic E-state index is 15.8. The maximum absolute atomic E-state index is 15.8. The molecule has 0 saturated carbocycles. The first kappa shape index (κ1) is 21.7. The molecule has 1 nitrogen and oxygen atoms in total. The fourth-order valence-corrected chi connectivity index (χ4v) is 8.63. The van der Waals surface area contributed by atoms with Gasteiger partial charge in [-0.25, -0.2) is 0 Å². The third-order valence-electron chi connectivity index (χ3n) is 6.67. The summed E-state index contributed by atoms with van der Waals surface area (Å²) in [6.07, 6.45) is 2.13. The van der Waals surface area contributed by atoms with Gasteiger partial charge in [-0.3, -0.25) is 0 Å². The Kier molecular flexibility index (Phi) is 5.69. The summed E-state index contributed by atoms with van der Waals surface area (Å²) in [5.41, 5.74) is 3.43. The van der Waals surface area contributed by atoms with Gasteiger partial charge < -0.3 is 4.57 Å². The van der Waals surface area contributed by atoms with E-state index in [9.17, 15) is 0 Å². The van der Waals surface area contributed by atoms with Crippen molar-refractivity contribution in [2.45, 2.75) is 33.6 Å². The lowest BCUT2D eigenvalue weighted by Crippen LogP contribution is -2.29. The third kappa shape index (κ3) is 3.62. The summed E-state index contributed by atoms with van der Waals surface area (Å²) in [6, 6.07) is 33.7. The van der Waals surface area contributed by atoms with Crippen LogP contribution in [-0.2, 0) is 11.0 Å². The van der Waals surface area contributed by atoms with Crippen molar-refractivity contribution >= 4 is 44.6 Å². The first-order chi connectivity index (χ1) is 16.0. The third-order valence-corrected chi connectivity index (χ3v) is 10.1. The molecule has 0 amide bonds. The largest absolute Gasteiger partial charge is 0.309 e. The quantitative estimate of drug-likeness (QED) is 0.260. The normalized spacial score (nSPS) is 11.8. The molecule has 5 aromatic rings. The molecule has 33 heavy (non-hydrogen) atoms. The van der Waals surface area contributed by atoms with E-state index < -0.39 is 7.14 Å². The topological polar surface area (TPSA) is 17.1 Å². The van der Waals surface area contributed by atoms with Gasteiger partial charge in [-0.15, -0.1) is 0 Å². The van der Waals surface area contributed by atoms with Crippen molar-refractivity contribution in [2.75, 3.05) is 0 Å². The Morgan fingerprint density at radius 1 is 0.606 bits per heavy atom. The highest BCUT2D eigenvalue weighted by Gasteiger charge is 2.35. The Bertz CT molecular complexity index is 1420. The summed E-state index contributed by atoms with van der Waals surface area (Å²) in [4.78, 5) is 0. The van der Waals surface area contributed by atoms with Crippen LogP contribution < -0.4 is 15.9 Å². The SMILES string of the molecule is CCCc1ccc(P(=O)(c2c(C)ccc3ccccc23)c2c(C)ccc3ccccc23)cc1. The fourth-order valence-electron chi connectivity index (χ4n) is 5.10. The Labute approximate surface area is 196 Å². The van der Waals surface area contributed by atoms with Crippen LogP contribution in [0.5, 0.6) is 0 Å². The van der Waals surface area contributed by atoms with E-state index in [1.54, 1.807) is 0 Å². The molecule has 0 N–H and O–H groups in total. The van der Waals surface area contributed by atoms with Gasteiger partial charge in [-0.2, -0.15) is 0 Å². The molecular formula is C31H29OP. The molecule has 0 radical (unpaired) electrons. The van der Waals surface area contributed by atoms with Crippen molar-refractivity contribution in [1.82, 2.24) is 0 Å². The summed E-state index contributed by atoms with van der Waals surface area (Å²) in [6.45, 7) is 6.39. The van der Waals surface area contributed by atoms with Gasteiger partial charge in [-0.1, -0.05) is 110 Å². The second-order valence-corrected chi connectivity index (χ2v) is 11.6. The first-order valence-electron chi connectivity index (χ1n) is 11.7. The molecule has 0 aromatic heterocycles. The molecule has 2 heteroatoms. The van der Waals surface area contributed by atoms with E-state index in [1.807, 2.05) is 0 Å². The monoisotopic (exact) mass is 448 g/mol. The molecule has 0 heterocycles. The molecule has 0 aliphatic carbocycles. The smallest absolute Gasteiger partial charge is 0.172 e. The molecule has 0 spiro atoms. The van der Waals surface area contributed by atoms with Gasteiger partial charge in [-0.05, 0) is 58.5 Å². The standard InChI is InChI=1S/C31H29OP/c1-4-9-24-16-20-27(21-17-24)33(32,30-22(2)14-18-25-10-5-7-12-28(25)30)31-23(3)15-19-26-11-6-8-13-29(26)31/h5-8,10-21H,4,9H2,1-3H3. The van der Waals surface area contributed by atoms with Gasteiger partial charge in [0.2, 0.25) is 0 Å². The fraction of sp³-hybridized carbons (Fsp3) is 0.161. The summed E-state index contributed by atoms with van der Waals surface area (Å²) >= 11 is 0. The van der Waals surface area contributed by atoms with Crippen LogP contribution in [0.1, 0.15) is 30.0 Å². The van der Waals surface area contributed by atoms with Crippen LogP contribution in [0.15, 0.2) is 97.1 Å². The molecule has 0 unspecified atom stereocenters. The van der Waals surface area contributed by atoms with E-state index in [2.05, 4.69) is 118 Å². The lowest BCUT2D eigenvalue weighted by molar-refractivity contribution is 0.592. The number of aryl methyl sites for hydroxylation is 3. The molecule has 5 rings (SSSR count). The summed E-state index contributed by atoms with van der Waals surface area (Å²) in [5.74, 6) is 0. The average molecular weight is 449 g/mol. The minimum Gasteiger partial charge on any atom is -0.309 e. The van der Waals surface area contributed by atoms with E-state index >= 15 is 4.57 Å². The molecule has 0 bridgehead atoms. The lowest BCUT2D eigenvalue weighted by atomic mass is 10.1. The zero-order valence-electron chi connectivity index (χ0n) is 19.5. The molecule has 0 aliphatic rings. The molecule has 0 fully saturated rings. The number of benzene rings is 5. The van der Waals surface area contributed by atoms with Crippen molar-refractivity contribution in [3.05, 3.63) is 114 Å². The van der Waals surface area contributed by atoms with E-state index in [0.717, 1.165) is 61.4 Å². The first-order valence-corrected chi connectivity index (χ1v) is 13.4. The number of fused-ring (bicyclic) bond motifs is 2.